The molecule has 1 heterocycles. The number of nitriles is 1. The number of aromatic nitrogens is 1. The maximum absolute atomic E-state index is 12.7. The topological polar surface area (TPSA) is 133 Å². The number of alkyl halides is 3. The Balaban J connectivity index is 1.89. The Labute approximate surface area is 221 Å². The first-order valence-corrected chi connectivity index (χ1v) is 13.6. The predicted molar refractivity (Wildman–Crippen MR) is 135 cm³/mol. The number of carbonyl (C=O) groups excluding carboxylic acids is 1. The zero-order chi connectivity index (χ0) is 27.9. The number of thiazole rings is 1. The molecule has 202 valence electrons. The molecule has 0 radical (unpaired) electrons. The van der Waals surface area contributed by atoms with Gasteiger partial charge in [-0.05, 0) is 61.7 Å². The highest BCUT2D eigenvalue weighted by molar-refractivity contribution is 7.90. The van der Waals surface area contributed by atoms with E-state index in [2.05, 4.69) is 9.72 Å². The lowest BCUT2D eigenvalue weighted by molar-refractivity contribution is -0.274. The summed E-state index contributed by atoms with van der Waals surface area (Å²) >= 11 is 1.12. The number of anilines is 2. The van der Waals surface area contributed by atoms with Crippen LogP contribution in [0.2, 0.25) is 0 Å². The molecule has 3 aromatic rings. The SMILES string of the molecule is Cc1sc(N(Cc2ccc(OC(F)(F)F)cc2)c2ccc(C#N)cc2)nc1C(=O)NS(=O)(=O)CCCCO. The number of aliphatic hydroxyl groups is 1. The number of unbranched alkanes of at least 4 members (excludes halogenated alkanes) is 1. The first-order valence-electron chi connectivity index (χ1n) is 11.2. The zero-order valence-corrected chi connectivity index (χ0v) is 21.7. The zero-order valence-electron chi connectivity index (χ0n) is 20.0. The molecule has 2 N–H and O–H groups in total. The van der Waals surface area contributed by atoms with Crippen LogP contribution in [0.25, 0.3) is 0 Å². The van der Waals surface area contributed by atoms with Gasteiger partial charge in [-0.25, -0.2) is 18.1 Å². The second-order valence-electron chi connectivity index (χ2n) is 8.02. The maximum atomic E-state index is 12.7. The van der Waals surface area contributed by atoms with Gasteiger partial charge in [-0.2, -0.15) is 5.26 Å². The average Bonchev–Trinajstić information content (AvgIpc) is 3.24. The molecule has 38 heavy (non-hydrogen) atoms. The van der Waals surface area contributed by atoms with Gasteiger partial charge in [-0.15, -0.1) is 24.5 Å². The maximum Gasteiger partial charge on any atom is 0.573 e. The molecule has 3 rings (SSSR count). The normalized spacial score (nSPS) is 11.6. The summed E-state index contributed by atoms with van der Waals surface area (Å²) in [6.07, 6.45) is -4.37. The van der Waals surface area contributed by atoms with Crippen molar-refractivity contribution in [2.45, 2.75) is 32.7 Å². The van der Waals surface area contributed by atoms with Crippen LogP contribution < -0.4 is 14.4 Å². The number of nitrogens with one attached hydrogen (secondary N) is 1. The lowest BCUT2D eigenvalue weighted by atomic mass is 10.1. The monoisotopic (exact) mass is 568 g/mol. The van der Waals surface area contributed by atoms with E-state index < -0.39 is 22.3 Å². The molecule has 0 aliphatic rings. The van der Waals surface area contributed by atoms with Crippen LogP contribution in [0, 0.1) is 18.3 Å². The molecule has 1 amide bonds. The summed E-state index contributed by atoms with van der Waals surface area (Å²) in [5.74, 6) is -1.61. The third-order valence-corrected chi connectivity index (χ3v) is 7.42. The van der Waals surface area contributed by atoms with Crippen molar-refractivity contribution in [1.82, 2.24) is 9.71 Å². The number of sulfonamides is 1. The van der Waals surface area contributed by atoms with Gasteiger partial charge >= 0.3 is 6.36 Å². The van der Waals surface area contributed by atoms with Crippen LogP contribution in [0.5, 0.6) is 5.75 Å². The molecule has 2 aromatic carbocycles. The number of halogens is 3. The summed E-state index contributed by atoms with van der Waals surface area (Å²) in [7, 11) is -3.94. The van der Waals surface area contributed by atoms with Crippen molar-refractivity contribution in [2.75, 3.05) is 17.3 Å². The predicted octanol–water partition coefficient (Wildman–Crippen LogP) is 4.39. The minimum atomic E-state index is -4.82. The van der Waals surface area contributed by atoms with Crippen molar-refractivity contribution in [3.63, 3.8) is 0 Å². The van der Waals surface area contributed by atoms with Crippen LogP contribution in [0.3, 0.4) is 0 Å². The van der Waals surface area contributed by atoms with Crippen molar-refractivity contribution >= 4 is 38.1 Å². The molecule has 0 saturated heterocycles. The molecule has 0 spiro atoms. The molecule has 0 saturated carbocycles. The van der Waals surface area contributed by atoms with Gasteiger partial charge in [0.2, 0.25) is 10.0 Å². The minimum Gasteiger partial charge on any atom is -0.406 e. The van der Waals surface area contributed by atoms with Crippen molar-refractivity contribution in [3.8, 4) is 11.8 Å². The Morgan fingerprint density at radius 3 is 2.39 bits per heavy atom. The van der Waals surface area contributed by atoms with Gasteiger partial charge in [0.15, 0.2) is 5.13 Å². The fourth-order valence-electron chi connectivity index (χ4n) is 3.32. The number of hydrogen-bond acceptors (Lipinski definition) is 9. The highest BCUT2D eigenvalue weighted by Gasteiger charge is 2.31. The van der Waals surface area contributed by atoms with Crippen LogP contribution in [0.1, 0.15) is 39.3 Å². The second-order valence-corrected chi connectivity index (χ2v) is 11.0. The number of aliphatic hydroxyl groups excluding tert-OH is 1. The number of hydrogen-bond donors (Lipinski definition) is 2. The lowest BCUT2D eigenvalue weighted by Crippen LogP contribution is -2.33. The number of benzene rings is 2. The number of nitrogens with zero attached hydrogens (tertiary/aromatic N) is 3. The first-order chi connectivity index (χ1) is 17.9. The minimum absolute atomic E-state index is 0.0942. The number of aryl methyl sites for hydroxylation is 1. The Kier molecular flexibility index (Phi) is 9.31. The van der Waals surface area contributed by atoms with Gasteiger partial charge in [0.1, 0.15) is 11.4 Å². The van der Waals surface area contributed by atoms with Gasteiger partial charge < -0.3 is 14.7 Å². The van der Waals surface area contributed by atoms with Gasteiger partial charge in [0, 0.05) is 17.2 Å². The van der Waals surface area contributed by atoms with Gasteiger partial charge in [0.25, 0.3) is 5.91 Å². The second kappa shape index (κ2) is 12.2. The van der Waals surface area contributed by atoms with Crippen molar-refractivity contribution in [1.29, 1.82) is 5.26 Å². The molecule has 1 aromatic heterocycles. The molecular formula is C24H23F3N4O5S2. The van der Waals surface area contributed by atoms with E-state index in [0.717, 1.165) is 11.3 Å². The summed E-state index contributed by atoms with van der Waals surface area (Å²) in [4.78, 5) is 19.2. The third-order valence-electron chi connectivity index (χ3n) is 5.11. The van der Waals surface area contributed by atoms with E-state index in [0.29, 0.717) is 26.8 Å². The Morgan fingerprint density at radius 2 is 1.82 bits per heavy atom. The smallest absolute Gasteiger partial charge is 0.406 e. The highest BCUT2D eigenvalue weighted by Crippen LogP contribution is 2.34. The van der Waals surface area contributed by atoms with Crippen LogP contribution in [-0.4, -0.2) is 43.1 Å². The Bertz CT molecular complexity index is 1400. The molecule has 0 bridgehead atoms. The van der Waals surface area contributed by atoms with Gasteiger partial charge in [-0.3, -0.25) is 4.79 Å². The van der Waals surface area contributed by atoms with E-state index in [-0.39, 0.29) is 43.2 Å². The average molecular weight is 569 g/mol. The molecule has 0 aliphatic carbocycles. The van der Waals surface area contributed by atoms with Crippen LogP contribution in [-0.2, 0) is 16.6 Å². The largest absolute Gasteiger partial charge is 0.573 e. The van der Waals surface area contributed by atoms with Crippen molar-refractivity contribution in [2.24, 2.45) is 0 Å². The lowest BCUT2D eigenvalue weighted by Gasteiger charge is -2.22. The molecule has 0 fully saturated rings. The van der Waals surface area contributed by atoms with Crippen molar-refractivity contribution < 1.29 is 36.2 Å². The third kappa shape index (κ3) is 8.17. The molecule has 9 nitrogen and oxygen atoms in total. The molecule has 0 unspecified atom stereocenters. The van der Waals surface area contributed by atoms with Crippen LogP contribution >= 0.6 is 11.3 Å². The Morgan fingerprint density at radius 1 is 1.16 bits per heavy atom. The van der Waals surface area contributed by atoms with Gasteiger partial charge in [-0.1, -0.05) is 12.1 Å². The molecule has 0 aliphatic heterocycles. The molecular weight excluding hydrogens is 545 g/mol. The van der Waals surface area contributed by atoms with E-state index in [4.69, 9.17) is 10.4 Å². The fraction of sp³-hybridized carbons (Fsp3) is 0.292. The van der Waals surface area contributed by atoms with E-state index in [9.17, 15) is 26.4 Å². The van der Waals surface area contributed by atoms with E-state index >= 15 is 0 Å². The summed E-state index contributed by atoms with van der Waals surface area (Å²) in [6.45, 7) is 1.57. The highest BCUT2D eigenvalue weighted by atomic mass is 32.2. The number of ether oxygens (including phenoxy) is 1. The van der Waals surface area contributed by atoms with E-state index in [1.807, 2.05) is 10.8 Å². The first kappa shape index (κ1) is 28.9. The van der Waals surface area contributed by atoms with E-state index in [1.165, 1.54) is 24.3 Å². The Hall–Kier alpha value is -3.67. The summed E-state index contributed by atoms with van der Waals surface area (Å²) in [6, 6.07) is 13.7. The number of carbonyl (C=O) groups is 1. The van der Waals surface area contributed by atoms with E-state index in [1.54, 1.807) is 36.1 Å². The van der Waals surface area contributed by atoms with Gasteiger partial charge in [0.05, 0.1) is 23.9 Å². The summed E-state index contributed by atoms with van der Waals surface area (Å²) in [5, 5.41) is 18.3. The quantitative estimate of drug-likeness (QED) is 0.326. The van der Waals surface area contributed by atoms with Crippen LogP contribution in [0.4, 0.5) is 24.0 Å². The van der Waals surface area contributed by atoms with Crippen LogP contribution in [0.15, 0.2) is 48.5 Å². The molecule has 0 atom stereocenters. The fourth-order valence-corrected chi connectivity index (χ4v) is 5.31. The molecule has 14 heteroatoms. The summed E-state index contributed by atoms with van der Waals surface area (Å²) in [5.41, 5.74) is 1.48. The van der Waals surface area contributed by atoms with Crippen molar-refractivity contribution in [3.05, 3.63) is 70.2 Å². The summed E-state index contributed by atoms with van der Waals surface area (Å²) < 4.78 is 67.9. The number of amides is 1. The standard InChI is InChI=1S/C24H23F3N4O5S2/c1-16-21(22(33)30-38(34,35)13-3-2-12-32)29-23(37-16)31(19-8-4-17(14-28)5-9-19)15-18-6-10-20(11-7-18)36-24(25,26)27/h4-11,32H,2-3,12-13,15H2,1H3,(H,30,33). The number of rotatable bonds is 11.